The fourth-order valence-corrected chi connectivity index (χ4v) is 2.86. The number of para-hydroxylation sites is 1. The highest BCUT2D eigenvalue weighted by Gasteiger charge is 2.23. The van der Waals surface area contributed by atoms with Gasteiger partial charge in [-0.3, -0.25) is 0 Å². The van der Waals surface area contributed by atoms with Crippen LogP contribution in [-0.2, 0) is 0 Å². The van der Waals surface area contributed by atoms with E-state index in [9.17, 15) is 4.79 Å². The number of carbonyl (C=O) groups is 1. The molecule has 0 saturated carbocycles. The highest BCUT2D eigenvalue weighted by atomic mass is 35.5. The molecule has 1 N–H and O–H groups in total. The zero-order chi connectivity index (χ0) is 16.2. The van der Waals surface area contributed by atoms with Crippen LogP contribution < -0.4 is 10.2 Å². The Morgan fingerprint density at radius 3 is 2.22 bits per heavy atom. The van der Waals surface area contributed by atoms with Crippen molar-refractivity contribution in [1.29, 1.82) is 0 Å². The molecule has 1 fully saturated rings. The van der Waals surface area contributed by atoms with Gasteiger partial charge in [0.25, 0.3) is 0 Å². The van der Waals surface area contributed by atoms with Crippen molar-refractivity contribution in [2.75, 3.05) is 36.4 Å². The predicted molar refractivity (Wildman–Crippen MR) is 91.3 cm³/mol. The Labute approximate surface area is 144 Å². The van der Waals surface area contributed by atoms with Crippen LogP contribution in [0.15, 0.2) is 36.7 Å². The molecular formula is C15H15Cl2N5O. The van der Waals surface area contributed by atoms with Crippen molar-refractivity contribution in [3.05, 3.63) is 46.7 Å². The second-order valence-electron chi connectivity index (χ2n) is 5.05. The third-order valence-corrected chi connectivity index (χ3v) is 4.23. The summed E-state index contributed by atoms with van der Waals surface area (Å²) < 4.78 is 0. The zero-order valence-electron chi connectivity index (χ0n) is 12.2. The van der Waals surface area contributed by atoms with E-state index < -0.39 is 0 Å². The van der Waals surface area contributed by atoms with Crippen molar-refractivity contribution in [1.82, 2.24) is 14.9 Å². The Hall–Kier alpha value is -2.05. The van der Waals surface area contributed by atoms with E-state index in [1.54, 1.807) is 41.6 Å². The molecule has 6 nitrogen and oxygen atoms in total. The van der Waals surface area contributed by atoms with E-state index in [2.05, 4.69) is 15.3 Å². The molecule has 1 aliphatic heterocycles. The van der Waals surface area contributed by atoms with Gasteiger partial charge in [0, 0.05) is 38.6 Å². The summed E-state index contributed by atoms with van der Waals surface area (Å²) in [5, 5.41) is 3.61. The summed E-state index contributed by atoms with van der Waals surface area (Å²) in [4.78, 5) is 24.6. The maximum atomic E-state index is 12.4. The fourth-order valence-electron chi connectivity index (χ4n) is 2.37. The molecule has 1 aromatic heterocycles. The van der Waals surface area contributed by atoms with Gasteiger partial charge in [-0.2, -0.15) is 0 Å². The monoisotopic (exact) mass is 351 g/mol. The van der Waals surface area contributed by atoms with Gasteiger partial charge in [-0.1, -0.05) is 29.3 Å². The minimum atomic E-state index is -0.214. The van der Waals surface area contributed by atoms with Gasteiger partial charge < -0.3 is 15.1 Å². The number of anilines is 2. The number of aromatic nitrogens is 2. The first-order chi connectivity index (χ1) is 11.1. The lowest BCUT2D eigenvalue weighted by atomic mass is 10.3. The largest absolute Gasteiger partial charge is 0.337 e. The van der Waals surface area contributed by atoms with Crippen LogP contribution in [0.25, 0.3) is 0 Å². The SMILES string of the molecule is O=C(Nc1c(Cl)cccc1Cl)N1CCN(c2ncccn2)CC1. The number of benzene rings is 1. The molecule has 0 aliphatic carbocycles. The summed E-state index contributed by atoms with van der Waals surface area (Å²) in [7, 11) is 0. The van der Waals surface area contributed by atoms with Crippen molar-refractivity contribution < 1.29 is 4.79 Å². The Bertz CT molecular complexity index is 669. The Kier molecular flexibility index (Phi) is 4.83. The first-order valence-corrected chi connectivity index (χ1v) is 7.92. The molecule has 2 heterocycles. The summed E-state index contributed by atoms with van der Waals surface area (Å²) in [6.45, 7) is 2.50. The molecule has 8 heteroatoms. The van der Waals surface area contributed by atoms with Gasteiger partial charge in [0.1, 0.15) is 0 Å². The van der Waals surface area contributed by atoms with Gasteiger partial charge >= 0.3 is 6.03 Å². The first-order valence-electron chi connectivity index (χ1n) is 7.17. The van der Waals surface area contributed by atoms with Gasteiger partial charge in [-0.25, -0.2) is 14.8 Å². The van der Waals surface area contributed by atoms with Crippen LogP contribution in [0.2, 0.25) is 10.0 Å². The van der Waals surface area contributed by atoms with Crippen molar-refractivity contribution in [2.24, 2.45) is 0 Å². The maximum Gasteiger partial charge on any atom is 0.322 e. The van der Waals surface area contributed by atoms with Crippen LogP contribution >= 0.6 is 23.2 Å². The van der Waals surface area contributed by atoms with Crippen molar-refractivity contribution in [3.8, 4) is 0 Å². The third kappa shape index (κ3) is 3.65. The van der Waals surface area contributed by atoms with Crippen molar-refractivity contribution in [2.45, 2.75) is 0 Å². The van der Waals surface area contributed by atoms with Gasteiger partial charge in [-0.15, -0.1) is 0 Å². The molecule has 23 heavy (non-hydrogen) atoms. The number of nitrogens with one attached hydrogen (secondary N) is 1. The predicted octanol–water partition coefficient (Wildman–Crippen LogP) is 3.14. The van der Waals surface area contributed by atoms with Crippen LogP contribution in [0.4, 0.5) is 16.4 Å². The molecular weight excluding hydrogens is 337 g/mol. The maximum absolute atomic E-state index is 12.4. The minimum absolute atomic E-state index is 0.214. The van der Waals surface area contributed by atoms with E-state index in [-0.39, 0.29) is 6.03 Å². The topological polar surface area (TPSA) is 61.4 Å². The number of hydrogen-bond acceptors (Lipinski definition) is 4. The molecule has 1 aromatic carbocycles. The zero-order valence-corrected chi connectivity index (χ0v) is 13.8. The highest BCUT2D eigenvalue weighted by molar-refractivity contribution is 6.39. The number of halogens is 2. The Morgan fingerprint density at radius 2 is 1.61 bits per heavy atom. The van der Waals surface area contributed by atoms with Crippen LogP contribution in [-0.4, -0.2) is 47.1 Å². The molecule has 2 amide bonds. The summed E-state index contributed by atoms with van der Waals surface area (Å²) in [5.41, 5.74) is 0.439. The van der Waals surface area contributed by atoms with Crippen LogP contribution in [0.3, 0.4) is 0 Å². The number of carbonyl (C=O) groups excluding carboxylic acids is 1. The molecule has 1 aliphatic rings. The van der Waals surface area contributed by atoms with E-state index in [4.69, 9.17) is 23.2 Å². The third-order valence-electron chi connectivity index (χ3n) is 3.60. The number of nitrogens with zero attached hydrogens (tertiary/aromatic N) is 4. The average Bonchev–Trinajstić information content (AvgIpc) is 2.59. The highest BCUT2D eigenvalue weighted by Crippen LogP contribution is 2.30. The van der Waals surface area contributed by atoms with E-state index >= 15 is 0 Å². The lowest BCUT2D eigenvalue weighted by molar-refractivity contribution is 0.208. The molecule has 0 spiro atoms. The summed E-state index contributed by atoms with van der Waals surface area (Å²) in [6.07, 6.45) is 3.42. The number of amides is 2. The number of rotatable bonds is 2. The van der Waals surface area contributed by atoms with E-state index in [0.717, 1.165) is 0 Å². The summed E-state index contributed by atoms with van der Waals surface area (Å²) in [5.74, 6) is 0.682. The van der Waals surface area contributed by atoms with Crippen LogP contribution in [0.5, 0.6) is 0 Å². The van der Waals surface area contributed by atoms with E-state index in [0.29, 0.717) is 47.9 Å². The second-order valence-corrected chi connectivity index (χ2v) is 5.86. The molecule has 3 rings (SSSR count). The van der Waals surface area contributed by atoms with Crippen molar-refractivity contribution in [3.63, 3.8) is 0 Å². The van der Waals surface area contributed by atoms with E-state index in [1.807, 2.05) is 4.90 Å². The second kappa shape index (κ2) is 7.02. The first kappa shape index (κ1) is 15.8. The number of urea groups is 1. The standard InChI is InChI=1S/C15H15Cl2N5O/c16-11-3-1-4-12(17)13(11)20-15(23)22-9-7-21(8-10-22)14-18-5-2-6-19-14/h1-6H,7-10H2,(H,20,23). The molecule has 0 bridgehead atoms. The van der Waals surface area contributed by atoms with Gasteiger partial charge in [0.05, 0.1) is 15.7 Å². The van der Waals surface area contributed by atoms with E-state index in [1.165, 1.54) is 0 Å². The molecule has 0 unspecified atom stereocenters. The Balaban J connectivity index is 1.60. The summed E-state index contributed by atoms with van der Waals surface area (Å²) in [6, 6.07) is 6.68. The lowest BCUT2D eigenvalue weighted by Gasteiger charge is -2.34. The molecule has 1 saturated heterocycles. The summed E-state index contributed by atoms with van der Waals surface area (Å²) >= 11 is 12.1. The number of piperazine rings is 1. The lowest BCUT2D eigenvalue weighted by Crippen LogP contribution is -2.50. The smallest absolute Gasteiger partial charge is 0.322 e. The molecule has 120 valence electrons. The average molecular weight is 352 g/mol. The van der Waals surface area contributed by atoms with Crippen molar-refractivity contribution >= 4 is 40.9 Å². The van der Waals surface area contributed by atoms with Gasteiger partial charge in [0.2, 0.25) is 5.95 Å². The molecule has 0 radical (unpaired) electrons. The van der Waals surface area contributed by atoms with Gasteiger partial charge in [0.15, 0.2) is 0 Å². The Morgan fingerprint density at radius 1 is 1.00 bits per heavy atom. The quantitative estimate of drug-likeness (QED) is 0.902. The molecule has 2 aromatic rings. The van der Waals surface area contributed by atoms with Crippen LogP contribution in [0, 0.1) is 0 Å². The van der Waals surface area contributed by atoms with Crippen LogP contribution in [0.1, 0.15) is 0 Å². The van der Waals surface area contributed by atoms with Gasteiger partial charge in [-0.05, 0) is 18.2 Å². The fraction of sp³-hybridized carbons (Fsp3) is 0.267. The number of hydrogen-bond donors (Lipinski definition) is 1. The minimum Gasteiger partial charge on any atom is -0.337 e. The normalized spacial score (nSPS) is 14.7. The molecule has 0 atom stereocenters.